The molecule has 0 aliphatic heterocycles. The molecule has 8 nitrogen and oxygen atoms in total. The average molecular weight is 416 g/mol. The second-order valence-electron chi connectivity index (χ2n) is 8.10. The number of hydrogen-bond acceptors (Lipinski definition) is 6. The van der Waals surface area contributed by atoms with Crippen LogP contribution in [-0.4, -0.2) is 24.5 Å². The molecule has 0 atom stereocenters. The number of imidazole rings is 1. The third-order valence-electron chi connectivity index (χ3n) is 5.58. The van der Waals surface area contributed by atoms with E-state index in [1.165, 1.54) is 29.4 Å². The highest BCUT2D eigenvalue weighted by Gasteiger charge is 2.20. The quantitative estimate of drug-likeness (QED) is 0.476. The van der Waals surface area contributed by atoms with Gasteiger partial charge in [-0.25, -0.2) is 19.7 Å². The van der Waals surface area contributed by atoms with Crippen molar-refractivity contribution in [1.82, 2.24) is 24.5 Å². The van der Waals surface area contributed by atoms with Crippen molar-refractivity contribution in [3.8, 4) is 11.6 Å². The SMILES string of the molecule is Cc1nc(N)c2[nH]c(=O)n(Cc3ccc(Oc4ccc(CCC5CC5)cc4)nc3)c2n1. The van der Waals surface area contributed by atoms with Crippen LogP contribution >= 0.6 is 0 Å². The van der Waals surface area contributed by atoms with E-state index >= 15 is 0 Å². The van der Waals surface area contributed by atoms with Crippen LogP contribution in [0, 0.1) is 12.8 Å². The van der Waals surface area contributed by atoms with Gasteiger partial charge < -0.3 is 15.5 Å². The fourth-order valence-corrected chi connectivity index (χ4v) is 3.68. The van der Waals surface area contributed by atoms with E-state index in [4.69, 9.17) is 10.5 Å². The summed E-state index contributed by atoms with van der Waals surface area (Å²) in [6.45, 7) is 2.06. The number of nitrogens with one attached hydrogen (secondary N) is 1. The molecule has 0 radical (unpaired) electrons. The van der Waals surface area contributed by atoms with Gasteiger partial charge in [-0.3, -0.25) is 4.57 Å². The lowest BCUT2D eigenvalue weighted by molar-refractivity contribution is 0.462. The highest BCUT2D eigenvalue weighted by Crippen LogP contribution is 2.33. The molecule has 158 valence electrons. The predicted molar refractivity (Wildman–Crippen MR) is 118 cm³/mol. The topological polar surface area (TPSA) is 112 Å². The minimum Gasteiger partial charge on any atom is -0.439 e. The second-order valence-corrected chi connectivity index (χ2v) is 8.10. The van der Waals surface area contributed by atoms with E-state index in [0.717, 1.165) is 23.7 Å². The molecular formula is C23H24N6O2. The van der Waals surface area contributed by atoms with E-state index < -0.39 is 0 Å². The first-order valence-corrected chi connectivity index (χ1v) is 10.5. The van der Waals surface area contributed by atoms with Gasteiger partial charge in [-0.05, 0) is 48.9 Å². The fraction of sp³-hybridized carbons (Fsp3) is 0.304. The van der Waals surface area contributed by atoms with Crippen LogP contribution in [0.15, 0.2) is 47.4 Å². The Balaban J connectivity index is 1.28. The van der Waals surface area contributed by atoms with Crippen LogP contribution in [0.5, 0.6) is 11.6 Å². The van der Waals surface area contributed by atoms with Gasteiger partial charge >= 0.3 is 5.69 Å². The van der Waals surface area contributed by atoms with Crippen molar-refractivity contribution in [2.24, 2.45) is 5.92 Å². The standard InChI is InChI=1S/C23H24N6O2/c1-14-26-21(24)20-22(27-14)29(23(30)28-20)13-17-8-11-19(25-12-17)31-18-9-6-16(7-10-18)5-4-15-2-3-15/h6-12,15H,2-5,13H2,1H3,(H,28,30)(H2,24,26,27). The average Bonchev–Trinajstić information content (AvgIpc) is 3.54. The minimum absolute atomic E-state index is 0.263. The molecule has 5 rings (SSSR count). The van der Waals surface area contributed by atoms with Crippen molar-refractivity contribution >= 4 is 17.0 Å². The normalized spacial score (nSPS) is 13.6. The Hall–Kier alpha value is -3.68. The van der Waals surface area contributed by atoms with Crippen molar-refractivity contribution in [3.63, 3.8) is 0 Å². The largest absolute Gasteiger partial charge is 0.439 e. The number of nitrogens with zero attached hydrogens (tertiary/aromatic N) is 4. The zero-order valence-corrected chi connectivity index (χ0v) is 17.3. The van der Waals surface area contributed by atoms with Crippen molar-refractivity contribution in [3.05, 3.63) is 70.0 Å². The molecule has 8 heteroatoms. The summed E-state index contributed by atoms with van der Waals surface area (Å²) < 4.78 is 7.39. The van der Waals surface area contributed by atoms with Gasteiger partial charge in [0.1, 0.15) is 17.1 Å². The summed E-state index contributed by atoms with van der Waals surface area (Å²) in [6, 6.07) is 11.9. The molecule has 1 fully saturated rings. The van der Waals surface area contributed by atoms with E-state index in [2.05, 4.69) is 32.1 Å². The smallest absolute Gasteiger partial charge is 0.328 e. The Bertz CT molecular complexity index is 1270. The Morgan fingerprint density at radius 3 is 2.61 bits per heavy atom. The number of H-pyrrole nitrogens is 1. The first kappa shape index (κ1) is 19.3. The molecule has 1 aliphatic rings. The molecule has 3 aromatic heterocycles. The van der Waals surface area contributed by atoms with E-state index in [9.17, 15) is 4.79 Å². The number of benzene rings is 1. The maximum Gasteiger partial charge on any atom is 0.328 e. The monoisotopic (exact) mass is 416 g/mol. The van der Waals surface area contributed by atoms with Crippen LogP contribution in [0.2, 0.25) is 0 Å². The molecule has 3 N–H and O–H groups in total. The van der Waals surface area contributed by atoms with Gasteiger partial charge in [0.05, 0.1) is 6.54 Å². The summed E-state index contributed by atoms with van der Waals surface area (Å²) in [4.78, 5) is 27.9. The molecule has 0 saturated heterocycles. The summed E-state index contributed by atoms with van der Waals surface area (Å²) in [5.74, 6) is 2.97. The summed E-state index contributed by atoms with van der Waals surface area (Å²) in [7, 11) is 0. The van der Waals surface area contributed by atoms with E-state index in [1.54, 1.807) is 19.2 Å². The van der Waals surface area contributed by atoms with Crippen molar-refractivity contribution in [2.75, 3.05) is 5.73 Å². The van der Waals surface area contributed by atoms with Crippen LogP contribution in [-0.2, 0) is 13.0 Å². The highest BCUT2D eigenvalue weighted by atomic mass is 16.5. The molecular weight excluding hydrogens is 392 g/mol. The molecule has 4 aromatic rings. The number of nitrogens with two attached hydrogens (primary N) is 1. The number of ether oxygens (including phenoxy) is 1. The molecule has 0 unspecified atom stereocenters. The first-order valence-electron chi connectivity index (χ1n) is 10.5. The highest BCUT2D eigenvalue weighted by molar-refractivity contribution is 5.81. The number of rotatable bonds is 7. The Morgan fingerprint density at radius 2 is 1.90 bits per heavy atom. The number of anilines is 1. The lowest BCUT2D eigenvalue weighted by Crippen LogP contribution is -2.18. The van der Waals surface area contributed by atoms with Gasteiger partial charge in [-0.15, -0.1) is 0 Å². The maximum absolute atomic E-state index is 12.4. The zero-order chi connectivity index (χ0) is 21.4. The van der Waals surface area contributed by atoms with E-state index in [1.807, 2.05) is 18.2 Å². The number of hydrogen-bond donors (Lipinski definition) is 2. The zero-order valence-electron chi connectivity index (χ0n) is 17.3. The van der Waals surface area contributed by atoms with Crippen LogP contribution < -0.4 is 16.2 Å². The summed E-state index contributed by atoms with van der Waals surface area (Å²) >= 11 is 0. The number of fused-ring (bicyclic) bond motifs is 1. The Labute approximate surface area is 179 Å². The van der Waals surface area contributed by atoms with Gasteiger partial charge in [-0.1, -0.05) is 31.0 Å². The third kappa shape index (κ3) is 4.28. The van der Waals surface area contributed by atoms with E-state index in [0.29, 0.717) is 29.4 Å². The van der Waals surface area contributed by atoms with Crippen LogP contribution in [0.1, 0.15) is 36.2 Å². The summed E-state index contributed by atoms with van der Waals surface area (Å²) in [5, 5.41) is 0. The van der Waals surface area contributed by atoms with Crippen LogP contribution in [0.4, 0.5) is 5.82 Å². The number of aryl methyl sites for hydroxylation is 2. The minimum atomic E-state index is -0.288. The van der Waals surface area contributed by atoms with Crippen molar-refractivity contribution in [1.29, 1.82) is 0 Å². The lowest BCUT2D eigenvalue weighted by atomic mass is 10.1. The summed E-state index contributed by atoms with van der Waals surface area (Å²) in [5.41, 5.74) is 8.73. The molecule has 1 aromatic carbocycles. The van der Waals surface area contributed by atoms with E-state index in [-0.39, 0.29) is 11.5 Å². The molecule has 0 amide bonds. The number of pyridine rings is 1. The summed E-state index contributed by atoms with van der Waals surface area (Å²) in [6.07, 6.45) is 6.88. The van der Waals surface area contributed by atoms with Gasteiger partial charge in [0, 0.05) is 12.3 Å². The Kier molecular flexibility index (Phi) is 4.89. The van der Waals surface area contributed by atoms with Gasteiger partial charge in [0.2, 0.25) is 5.88 Å². The molecule has 31 heavy (non-hydrogen) atoms. The number of aromatic nitrogens is 5. The number of aromatic amines is 1. The van der Waals surface area contributed by atoms with Crippen molar-refractivity contribution in [2.45, 2.75) is 39.2 Å². The molecule has 3 heterocycles. The molecule has 1 saturated carbocycles. The number of nitrogen functional groups attached to an aromatic ring is 1. The molecule has 0 spiro atoms. The van der Waals surface area contributed by atoms with Crippen LogP contribution in [0.25, 0.3) is 11.2 Å². The lowest BCUT2D eigenvalue weighted by Gasteiger charge is -2.08. The molecule has 0 bridgehead atoms. The Morgan fingerprint density at radius 1 is 1.13 bits per heavy atom. The van der Waals surface area contributed by atoms with Gasteiger partial charge in [0.25, 0.3) is 0 Å². The van der Waals surface area contributed by atoms with Gasteiger partial charge in [-0.2, -0.15) is 0 Å². The van der Waals surface area contributed by atoms with Crippen LogP contribution in [0.3, 0.4) is 0 Å². The molecule has 1 aliphatic carbocycles. The first-order chi connectivity index (χ1) is 15.0. The maximum atomic E-state index is 12.4. The van der Waals surface area contributed by atoms with Crippen molar-refractivity contribution < 1.29 is 4.74 Å². The third-order valence-corrected chi connectivity index (χ3v) is 5.58. The van der Waals surface area contributed by atoms with Gasteiger partial charge in [0.15, 0.2) is 11.5 Å². The predicted octanol–water partition coefficient (Wildman–Crippen LogP) is 3.59. The second kappa shape index (κ2) is 7.86. The fourth-order valence-electron chi connectivity index (χ4n) is 3.68.